The van der Waals surface area contributed by atoms with Crippen LogP contribution in [0.5, 0.6) is 5.75 Å². The Hall–Kier alpha value is -2.91. The van der Waals surface area contributed by atoms with Crippen LogP contribution in [0.4, 0.5) is 0 Å². The Morgan fingerprint density at radius 2 is 1.81 bits per heavy atom. The van der Waals surface area contributed by atoms with Crippen LogP contribution in [0.3, 0.4) is 0 Å². The van der Waals surface area contributed by atoms with Crippen LogP contribution in [0.1, 0.15) is 49.9 Å². The summed E-state index contributed by atoms with van der Waals surface area (Å²) in [5.41, 5.74) is 1.91. The van der Waals surface area contributed by atoms with Crippen LogP contribution in [-0.2, 0) is 10.0 Å². The fourth-order valence-electron chi connectivity index (χ4n) is 3.30. The van der Waals surface area contributed by atoms with E-state index in [1.54, 1.807) is 19.9 Å². The second-order valence-electron chi connectivity index (χ2n) is 7.98. The zero-order valence-corrected chi connectivity index (χ0v) is 19.1. The number of fused-ring (bicyclic) bond motifs is 1. The summed E-state index contributed by atoms with van der Waals surface area (Å²) in [7, 11) is -2.46. The highest BCUT2D eigenvalue weighted by Gasteiger charge is 2.25. The smallest absolute Gasteiger partial charge is 0.251 e. The average Bonchev–Trinajstić information content (AvgIpc) is 3.13. The number of nitrogens with zero attached hydrogens (tertiary/aromatic N) is 1. The number of carbonyl (C=O) groups is 1. The molecule has 8 nitrogen and oxygen atoms in total. The van der Waals surface area contributed by atoms with E-state index in [1.165, 1.54) is 19.2 Å². The van der Waals surface area contributed by atoms with Crippen LogP contribution in [0.25, 0.3) is 11.0 Å². The maximum atomic E-state index is 13.0. The highest BCUT2D eigenvalue weighted by atomic mass is 32.2. The third-order valence-corrected chi connectivity index (χ3v) is 6.44. The summed E-state index contributed by atoms with van der Waals surface area (Å²) in [5, 5.41) is 2.98. The molecule has 1 heterocycles. The van der Waals surface area contributed by atoms with Gasteiger partial charge in [-0.15, -0.1) is 0 Å². The third kappa shape index (κ3) is 5.05. The Kier molecular flexibility index (Phi) is 6.66. The molecule has 0 bridgehead atoms. The molecule has 0 saturated carbocycles. The Morgan fingerprint density at radius 3 is 2.42 bits per heavy atom. The predicted octanol–water partition coefficient (Wildman–Crippen LogP) is 3.39. The maximum Gasteiger partial charge on any atom is 0.251 e. The molecule has 31 heavy (non-hydrogen) atoms. The number of sulfonamides is 1. The molecule has 166 valence electrons. The second-order valence-corrected chi connectivity index (χ2v) is 9.66. The second kappa shape index (κ2) is 9.07. The molecule has 1 amide bonds. The molecule has 0 saturated heterocycles. The summed E-state index contributed by atoms with van der Waals surface area (Å²) in [4.78, 5) is 20.8. The van der Waals surface area contributed by atoms with Crippen LogP contribution < -0.4 is 14.8 Å². The van der Waals surface area contributed by atoms with Gasteiger partial charge in [0, 0.05) is 11.6 Å². The predicted molar refractivity (Wildman–Crippen MR) is 120 cm³/mol. The number of carbonyl (C=O) groups excluding carboxylic acids is 1. The van der Waals surface area contributed by atoms with Gasteiger partial charge in [0.15, 0.2) is 0 Å². The number of nitrogens with one attached hydrogen (secondary N) is 3. The fourth-order valence-corrected chi connectivity index (χ4v) is 4.74. The molecule has 0 aliphatic heterocycles. The lowest BCUT2D eigenvalue weighted by Crippen LogP contribution is -2.33. The van der Waals surface area contributed by atoms with Crippen LogP contribution in [-0.4, -0.2) is 37.4 Å². The van der Waals surface area contributed by atoms with Gasteiger partial charge in [-0.3, -0.25) is 4.79 Å². The highest BCUT2D eigenvalue weighted by Crippen LogP contribution is 2.27. The molecule has 3 rings (SSSR count). The molecule has 0 radical (unpaired) electrons. The van der Waals surface area contributed by atoms with Crippen LogP contribution >= 0.6 is 0 Å². The number of imidazole rings is 1. The van der Waals surface area contributed by atoms with E-state index in [-0.39, 0.29) is 34.2 Å². The Morgan fingerprint density at radius 1 is 1.10 bits per heavy atom. The molecule has 0 aliphatic rings. The van der Waals surface area contributed by atoms with Gasteiger partial charge in [-0.25, -0.2) is 18.1 Å². The zero-order valence-electron chi connectivity index (χ0n) is 18.3. The summed E-state index contributed by atoms with van der Waals surface area (Å²) in [6.07, 6.45) is 0. The summed E-state index contributed by atoms with van der Waals surface area (Å²) in [6, 6.07) is 11.3. The number of aromatic amines is 1. The SMILES string of the molecule is COc1ccc(C(=O)N[C@H](c2nc3ccccc3[nH]2)C(C)C)cc1S(=O)(=O)NC(C)C. The molecule has 1 atom stereocenters. The number of aromatic nitrogens is 2. The Bertz CT molecular complexity index is 1150. The summed E-state index contributed by atoms with van der Waals surface area (Å²) < 4.78 is 33.1. The van der Waals surface area contributed by atoms with E-state index in [2.05, 4.69) is 20.0 Å². The molecule has 0 spiro atoms. The maximum absolute atomic E-state index is 13.0. The van der Waals surface area contributed by atoms with Crippen molar-refractivity contribution in [1.82, 2.24) is 20.0 Å². The number of amides is 1. The lowest BCUT2D eigenvalue weighted by molar-refractivity contribution is 0.0923. The summed E-state index contributed by atoms with van der Waals surface area (Å²) >= 11 is 0. The molecule has 3 aromatic rings. The number of hydrogen-bond donors (Lipinski definition) is 3. The van der Waals surface area contributed by atoms with Crippen molar-refractivity contribution in [3.8, 4) is 5.75 Å². The van der Waals surface area contributed by atoms with Crippen molar-refractivity contribution in [2.45, 2.75) is 44.7 Å². The van der Waals surface area contributed by atoms with E-state index in [1.807, 2.05) is 38.1 Å². The van der Waals surface area contributed by atoms with Crippen molar-refractivity contribution in [3.05, 3.63) is 53.9 Å². The first-order chi connectivity index (χ1) is 14.6. The Labute approximate surface area is 182 Å². The van der Waals surface area contributed by atoms with Crippen molar-refractivity contribution >= 4 is 27.0 Å². The van der Waals surface area contributed by atoms with Gasteiger partial charge in [-0.2, -0.15) is 0 Å². The van der Waals surface area contributed by atoms with Gasteiger partial charge in [-0.05, 0) is 50.1 Å². The molecule has 3 N–H and O–H groups in total. The monoisotopic (exact) mass is 444 g/mol. The molecule has 2 aromatic carbocycles. The number of methoxy groups -OCH3 is 1. The number of ether oxygens (including phenoxy) is 1. The third-order valence-electron chi connectivity index (χ3n) is 4.76. The van der Waals surface area contributed by atoms with Crippen LogP contribution in [0, 0.1) is 5.92 Å². The van der Waals surface area contributed by atoms with E-state index in [0.29, 0.717) is 5.82 Å². The summed E-state index contributed by atoms with van der Waals surface area (Å²) in [5.74, 6) is 0.464. The van der Waals surface area contributed by atoms with E-state index < -0.39 is 15.9 Å². The minimum atomic E-state index is -3.85. The van der Waals surface area contributed by atoms with E-state index in [4.69, 9.17) is 4.74 Å². The highest BCUT2D eigenvalue weighted by molar-refractivity contribution is 7.89. The molecule has 0 aliphatic carbocycles. The minimum absolute atomic E-state index is 0.0496. The molecular weight excluding hydrogens is 416 g/mol. The largest absolute Gasteiger partial charge is 0.495 e. The number of para-hydroxylation sites is 2. The first kappa shape index (κ1) is 22.8. The minimum Gasteiger partial charge on any atom is -0.495 e. The number of benzene rings is 2. The normalized spacial score (nSPS) is 13.0. The van der Waals surface area contributed by atoms with Crippen molar-refractivity contribution in [2.75, 3.05) is 7.11 Å². The number of hydrogen-bond acceptors (Lipinski definition) is 5. The number of H-pyrrole nitrogens is 1. The van der Waals surface area contributed by atoms with E-state index >= 15 is 0 Å². The standard InChI is InChI=1S/C22H28N4O4S/c1-13(2)20(21-23-16-8-6-7-9-17(16)24-21)25-22(27)15-10-11-18(30-5)19(12-15)31(28,29)26-14(3)4/h6-14,20,26H,1-5H3,(H,23,24)(H,25,27)/t20-/m0/s1. The molecule has 9 heteroatoms. The molecule has 0 unspecified atom stereocenters. The van der Waals surface area contributed by atoms with Gasteiger partial charge in [0.1, 0.15) is 16.5 Å². The lowest BCUT2D eigenvalue weighted by atomic mass is 10.0. The number of rotatable bonds is 8. The quantitative estimate of drug-likeness (QED) is 0.493. The zero-order chi connectivity index (χ0) is 22.8. The van der Waals surface area contributed by atoms with Gasteiger partial charge in [0.05, 0.1) is 24.2 Å². The lowest BCUT2D eigenvalue weighted by Gasteiger charge is -2.21. The molecule has 1 aromatic heterocycles. The average molecular weight is 445 g/mol. The van der Waals surface area contributed by atoms with Crippen molar-refractivity contribution in [3.63, 3.8) is 0 Å². The van der Waals surface area contributed by atoms with Gasteiger partial charge in [0.2, 0.25) is 10.0 Å². The van der Waals surface area contributed by atoms with E-state index in [0.717, 1.165) is 11.0 Å². The van der Waals surface area contributed by atoms with Crippen molar-refractivity contribution < 1.29 is 17.9 Å². The van der Waals surface area contributed by atoms with Gasteiger partial charge >= 0.3 is 0 Å². The van der Waals surface area contributed by atoms with Crippen LogP contribution in [0.2, 0.25) is 0 Å². The first-order valence-corrected chi connectivity index (χ1v) is 11.6. The fraction of sp³-hybridized carbons (Fsp3) is 0.364. The Balaban J connectivity index is 1.93. The van der Waals surface area contributed by atoms with Gasteiger partial charge < -0.3 is 15.0 Å². The van der Waals surface area contributed by atoms with Crippen molar-refractivity contribution in [1.29, 1.82) is 0 Å². The summed E-state index contributed by atoms with van der Waals surface area (Å²) in [6.45, 7) is 7.41. The van der Waals surface area contributed by atoms with Crippen LogP contribution in [0.15, 0.2) is 47.4 Å². The van der Waals surface area contributed by atoms with Gasteiger partial charge in [0.25, 0.3) is 5.91 Å². The molecular formula is C22H28N4O4S. The van der Waals surface area contributed by atoms with Crippen molar-refractivity contribution in [2.24, 2.45) is 5.92 Å². The van der Waals surface area contributed by atoms with E-state index in [9.17, 15) is 13.2 Å². The topological polar surface area (TPSA) is 113 Å². The van der Waals surface area contributed by atoms with Gasteiger partial charge in [-0.1, -0.05) is 26.0 Å². The molecule has 0 fully saturated rings. The first-order valence-electron chi connectivity index (χ1n) is 10.1.